The van der Waals surface area contributed by atoms with Gasteiger partial charge in [0.15, 0.2) is 0 Å². The lowest BCUT2D eigenvalue weighted by molar-refractivity contribution is -0.142. The van der Waals surface area contributed by atoms with E-state index in [2.05, 4.69) is 34.4 Å². The van der Waals surface area contributed by atoms with Gasteiger partial charge in [-0.25, -0.2) is 9.97 Å². The van der Waals surface area contributed by atoms with Gasteiger partial charge in [-0.15, -0.1) is 11.3 Å². The molecule has 33 heavy (non-hydrogen) atoms. The molecule has 0 aromatic carbocycles. The Bertz CT molecular complexity index is 954. The number of amides is 2. The third-order valence-corrected chi connectivity index (χ3v) is 8.98. The van der Waals surface area contributed by atoms with E-state index >= 15 is 0 Å². The maximum absolute atomic E-state index is 12.9. The topological polar surface area (TPSA) is 104 Å². The summed E-state index contributed by atoms with van der Waals surface area (Å²) >= 11 is 1.62. The molecular weight excluding hydrogens is 436 g/mol. The van der Waals surface area contributed by atoms with Gasteiger partial charge in [0.1, 0.15) is 6.33 Å². The fraction of sp³-hybridized carbons (Fsp3) is 0.600. The van der Waals surface area contributed by atoms with Crippen LogP contribution in [0.1, 0.15) is 61.7 Å². The fourth-order valence-corrected chi connectivity index (χ4v) is 6.75. The molecule has 0 radical (unpaired) electrons. The highest BCUT2D eigenvalue weighted by molar-refractivity contribution is 7.09. The Morgan fingerprint density at radius 3 is 2.70 bits per heavy atom. The zero-order chi connectivity index (χ0) is 23.6. The number of fused-ring (bicyclic) bond motifs is 1. The number of hydrogen-bond acceptors (Lipinski definition) is 6. The molecule has 0 spiro atoms. The van der Waals surface area contributed by atoms with Crippen molar-refractivity contribution in [2.75, 3.05) is 0 Å². The number of aliphatic hydroxyl groups is 1. The minimum atomic E-state index is -0.582. The van der Waals surface area contributed by atoms with Crippen molar-refractivity contribution in [3.63, 3.8) is 0 Å². The van der Waals surface area contributed by atoms with E-state index < -0.39 is 6.10 Å². The van der Waals surface area contributed by atoms with E-state index in [1.54, 1.807) is 11.3 Å². The highest BCUT2D eigenvalue weighted by Gasteiger charge is 2.53. The van der Waals surface area contributed by atoms with Gasteiger partial charge in [0, 0.05) is 29.2 Å². The van der Waals surface area contributed by atoms with E-state index in [0.29, 0.717) is 12.1 Å². The van der Waals surface area contributed by atoms with Crippen LogP contribution < -0.4 is 10.6 Å². The second-order valence-electron chi connectivity index (χ2n) is 10.1. The Balaban J connectivity index is 1.43. The average Bonchev–Trinajstić information content (AvgIpc) is 3.33. The summed E-state index contributed by atoms with van der Waals surface area (Å²) in [7, 11) is 0. The Kier molecular flexibility index (Phi) is 7.14. The van der Waals surface area contributed by atoms with Crippen LogP contribution in [0.4, 0.5) is 0 Å². The maximum atomic E-state index is 12.9. The van der Waals surface area contributed by atoms with Crippen molar-refractivity contribution in [2.24, 2.45) is 29.1 Å². The third kappa shape index (κ3) is 4.96. The van der Waals surface area contributed by atoms with E-state index in [9.17, 15) is 14.7 Å². The highest BCUT2D eigenvalue weighted by Crippen LogP contribution is 2.55. The Morgan fingerprint density at radius 1 is 1.27 bits per heavy atom. The smallest absolute Gasteiger partial charge is 0.254 e. The number of aromatic nitrogens is 2. The van der Waals surface area contributed by atoms with Crippen LogP contribution in [-0.2, 0) is 11.3 Å². The molecule has 2 heterocycles. The van der Waals surface area contributed by atoms with Crippen LogP contribution in [0, 0.1) is 29.1 Å². The van der Waals surface area contributed by atoms with E-state index in [0.717, 1.165) is 30.6 Å². The van der Waals surface area contributed by atoms with E-state index in [4.69, 9.17) is 0 Å². The first kappa shape index (κ1) is 23.8. The fourth-order valence-electron chi connectivity index (χ4n) is 6.11. The summed E-state index contributed by atoms with van der Waals surface area (Å²) in [6, 6.07) is 3.95. The predicted octanol–water partition coefficient (Wildman–Crippen LogP) is 3.41. The van der Waals surface area contributed by atoms with Crippen molar-refractivity contribution in [1.82, 2.24) is 20.6 Å². The monoisotopic (exact) mass is 470 g/mol. The molecule has 178 valence electrons. The van der Waals surface area contributed by atoms with Gasteiger partial charge in [-0.05, 0) is 60.3 Å². The third-order valence-electron chi connectivity index (χ3n) is 8.10. The summed E-state index contributed by atoms with van der Waals surface area (Å²) in [5.74, 6) is -0.432. The van der Waals surface area contributed by atoms with Gasteiger partial charge in [0.25, 0.3) is 5.91 Å². The number of aliphatic hydroxyl groups excluding tert-OH is 1. The molecule has 2 aliphatic carbocycles. The van der Waals surface area contributed by atoms with Crippen LogP contribution in [0.5, 0.6) is 0 Å². The largest absolute Gasteiger partial charge is 0.392 e. The van der Waals surface area contributed by atoms with Gasteiger partial charge >= 0.3 is 0 Å². The number of nitrogens with one attached hydrogen (secondary N) is 2. The number of nitrogens with zero attached hydrogens (tertiary/aromatic N) is 2. The first-order chi connectivity index (χ1) is 15.8. The zero-order valence-electron chi connectivity index (χ0n) is 19.5. The second kappa shape index (κ2) is 9.89. The average molecular weight is 471 g/mol. The number of carbonyl (C=O) groups excluding carboxylic acids is 2. The number of hydrogen-bond donors (Lipinski definition) is 3. The first-order valence-corrected chi connectivity index (χ1v) is 12.7. The second-order valence-corrected chi connectivity index (χ2v) is 11.1. The molecule has 7 atom stereocenters. The number of rotatable bonds is 6. The van der Waals surface area contributed by atoms with E-state index in [1.807, 2.05) is 24.4 Å². The van der Waals surface area contributed by atoms with Crippen molar-refractivity contribution in [3.8, 4) is 0 Å². The van der Waals surface area contributed by atoms with E-state index in [-0.39, 0.29) is 46.9 Å². The lowest BCUT2D eigenvalue weighted by atomic mass is 9.51. The SMILES string of the molecule is C[C@@H]1[C@@H]2[C@@H](O)[C@@H]([C@H](C)C(=O)NCc3cccs3)CC[C@]2(C)CC[C@@H]1NC(=O)c1cncnc1. The Labute approximate surface area is 199 Å². The van der Waals surface area contributed by atoms with Gasteiger partial charge < -0.3 is 15.7 Å². The van der Waals surface area contributed by atoms with Crippen LogP contribution in [0.3, 0.4) is 0 Å². The molecule has 2 amide bonds. The van der Waals surface area contributed by atoms with Crippen molar-refractivity contribution >= 4 is 23.2 Å². The van der Waals surface area contributed by atoms with Crippen LogP contribution in [0.15, 0.2) is 36.2 Å². The van der Waals surface area contributed by atoms with Gasteiger partial charge in [0.05, 0.1) is 18.2 Å². The van der Waals surface area contributed by atoms with Crippen LogP contribution in [0.25, 0.3) is 0 Å². The van der Waals surface area contributed by atoms with Crippen LogP contribution in [0.2, 0.25) is 0 Å². The number of carbonyl (C=O) groups is 2. The highest BCUT2D eigenvalue weighted by atomic mass is 32.1. The van der Waals surface area contributed by atoms with Crippen molar-refractivity contribution in [3.05, 3.63) is 46.7 Å². The number of thiophene rings is 1. The molecule has 2 aliphatic rings. The summed E-state index contributed by atoms with van der Waals surface area (Å²) in [6.07, 6.45) is 7.50. The summed E-state index contributed by atoms with van der Waals surface area (Å²) < 4.78 is 0. The lowest BCUT2D eigenvalue weighted by Crippen LogP contribution is -2.58. The summed E-state index contributed by atoms with van der Waals surface area (Å²) in [5, 5.41) is 19.7. The van der Waals surface area contributed by atoms with Crippen molar-refractivity contribution < 1.29 is 14.7 Å². The van der Waals surface area contributed by atoms with Crippen LogP contribution >= 0.6 is 11.3 Å². The summed E-state index contributed by atoms with van der Waals surface area (Å²) in [6.45, 7) is 6.85. The Morgan fingerprint density at radius 2 is 2.00 bits per heavy atom. The summed E-state index contributed by atoms with van der Waals surface area (Å²) in [5.41, 5.74) is 0.454. The van der Waals surface area contributed by atoms with Crippen molar-refractivity contribution in [2.45, 2.75) is 65.1 Å². The molecular formula is C25H34N4O3S. The normalized spacial score (nSPS) is 32.4. The molecule has 2 fully saturated rings. The van der Waals surface area contributed by atoms with Gasteiger partial charge in [-0.3, -0.25) is 9.59 Å². The molecule has 0 unspecified atom stereocenters. The molecule has 3 N–H and O–H groups in total. The molecule has 8 heteroatoms. The predicted molar refractivity (Wildman–Crippen MR) is 127 cm³/mol. The Hall–Kier alpha value is -2.32. The molecule has 0 saturated heterocycles. The minimum Gasteiger partial charge on any atom is -0.392 e. The molecule has 0 bridgehead atoms. The molecule has 2 aromatic rings. The standard InChI is InChI=1S/C25H34N4O3S/c1-15(23(31)28-13-18-5-4-10-33-18)19-6-8-25(3)9-7-20(16(2)21(25)22(19)30)29-24(32)17-11-26-14-27-12-17/h4-5,10-12,14-16,19-22,30H,6-9,13H2,1-3H3,(H,28,31)(H,29,32)/t15-,16-,19+,20-,21+,22-,25+/m0/s1. The van der Waals surface area contributed by atoms with Gasteiger partial charge in [0.2, 0.25) is 5.91 Å². The molecule has 2 aromatic heterocycles. The lowest BCUT2D eigenvalue weighted by Gasteiger charge is -2.56. The first-order valence-electron chi connectivity index (χ1n) is 11.8. The van der Waals surface area contributed by atoms with Crippen molar-refractivity contribution in [1.29, 1.82) is 0 Å². The van der Waals surface area contributed by atoms with E-state index in [1.165, 1.54) is 18.7 Å². The quantitative estimate of drug-likeness (QED) is 0.600. The van der Waals surface area contributed by atoms with Crippen LogP contribution in [-0.4, -0.2) is 39.0 Å². The van der Waals surface area contributed by atoms with Gasteiger partial charge in [-0.1, -0.05) is 26.8 Å². The zero-order valence-corrected chi connectivity index (χ0v) is 20.3. The van der Waals surface area contributed by atoms with Gasteiger partial charge in [-0.2, -0.15) is 0 Å². The molecule has 4 rings (SSSR count). The molecule has 0 aliphatic heterocycles. The summed E-state index contributed by atoms with van der Waals surface area (Å²) in [4.78, 5) is 34.6. The minimum absolute atomic E-state index is 0.00607. The maximum Gasteiger partial charge on any atom is 0.254 e. The molecule has 7 nitrogen and oxygen atoms in total. The molecule has 2 saturated carbocycles.